The second kappa shape index (κ2) is 4.76. The maximum Gasteiger partial charge on any atom is 0.433 e. The summed E-state index contributed by atoms with van der Waals surface area (Å²) in [5.74, 6) is 0. The third kappa shape index (κ3) is 2.67. The Hall–Kier alpha value is -1.91. The summed E-state index contributed by atoms with van der Waals surface area (Å²) in [6.07, 6.45) is -2.09. The fourth-order valence-electron chi connectivity index (χ4n) is 1.54. The summed E-state index contributed by atoms with van der Waals surface area (Å²) in [5.41, 5.74) is 0.864. The normalized spacial score (nSPS) is 11.6. The molecule has 2 heterocycles. The van der Waals surface area contributed by atoms with E-state index in [4.69, 9.17) is 0 Å². The van der Waals surface area contributed by atoms with Crippen molar-refractivity contribution in [2.24, 2.45) is 0 Å². The Morgan fingerprint density at radius 3 is 2.44 bits per heavy atom. The molecule has 2 rings (SSSR count). The SMILES string of the molecule is CCc1ccc(-c2cccc(C(F)(F)F)n2)cn1. The molecule has 94 valence electrons. The Balaban J connectivity index is 2.38. The van der Waals surface area contributed by atoms with E-state index in [2.05, 4.69) is 9.97 Å². The first kappa shape index (κ1) is 12.5. The van der Waals surface area contributed by atoms with Gasteiger partial charge in [-0.1, -0.05) is 13.0 Å². The van der Waals surface area contributed by atoms with Crippen LogP contribution >= 0.6 is 0 Å². The predicted molar refractivity (Wildman–Crippen MR) is 61.8 cm³/mol. The molecule has 2 nitrogen and oxygen atoms in total. The van der Waals surface area contributed by atoms with E-state index in [1.807, 2.05) is 6.92 Å². The minimum absolute atomic E-state index is 0.278. The van der Waals surface area contributed by atoms with Crippen LogP contribution in [0.15, 0.2) is 36.5 Å². The number of aryl methyl sites for hydroxylation is 1. The number of rotatable bonds is 2. The molecule has 0 saturated carbocycles. The lowest BCUT2D eigenvalue weighted by Gasteiger charge is -2.07. The number of pyridine rings is 2. The zero-order valence-electron chi connectivity index (χ0n) is 9.70. The highest BCUT2D eigenvalue weighted by Crippen LogP contribution is 2.29. The van der Waals surface area contributed by atoms with Gasteiger partial charge in [0.25, 0.3) is 0 Å². The first-order valence-corrected chi connectivity index (χ1v) is 5.50. The maximum absolute atomic E-state index is 12.5. The number of nitrogens with zero attached hydrogens (tertiary/aromatic N) is 2. The number of alkyl halides is 3. The van der Waals surface area contributed by atoms with Crippen molar-refractivity contribution < 1.29 is 13.2 Å². The number of halogens is 3. The van der Waals surface area contributed by atoms with Gasteiger partial charge in [-0.3, -0.25) is 4.98 Å². The number of hydrogen-bond acceptors (Lipinski definition) is 2. The van der Waals surface area contributed by atoms with Crippen LogP contribution < -0.4 is 0 Å². The minimum Gasteiger partial charge on any atom is -0.261 e. The lowest BCUT2D eigenvalue weighted by atomic mass is 10.1. The first-order valence-electron chi connectivity index (χ1n) is 5.50. The van der Waals surface area contributed by atoms with E-state index in [-0.39, 0.29) is 5.69 Å². The van der Waals surface area contributed by atoms with Crippen molar-refractivity contribution in [3.8, 4) is 11.3 Å². The van der Waals surface area contributed by atoms with Crippen molar-refractivity contribution in [2.45, 2.75) is 19.5 Å². The molecule has 0 bridgehead atoms. The number of aromatic nitrogens is 2. The highest BCUT2D eigenvalue weighted by atomic mass is 19.4. The lowest BCUT2D eigenvalue weighted by Crippen LogP contribution is -2.08. The van der Waals surface area contributed by atoms with Gasteiger partial charge in [0.1, 0.15) is 5.69 Å². The Morgan fingerprint density at radius 1 is 1.11 bits per heavy atom. The standard InChI is InChI=1S/C13H11F3N2/c1-2-10-7-6-9(8-17-10)11-4-3-5-12(18-11)13(14,15)16/h3-8H,2H2,1H3. The lowest BCUT2D eigenvalue weighted by molar-refractivity contribution is -0.141. The molecule has 0 aliphatic rings. The smallest absolute Gasteiger partial charge is 0.261 e. The van der Waals surface area contributed by atoms with Crippen LogP contribution in [0.25, 0.3) is 11.3 Å². The Bertz CT molecular complexity index is 533. The molecule has 0 unspecified atom stereocenters. The number of hydrogen-bond donors (Lipinski definition) is 0. The maximum atomic E-state index is 12.5. The van der Waals surface area contributed by atoms with Gasteiger partial charge in [0.2, 0.25) is 0 Å². The van der Waals surface area contributed by atoms with Crippen LogP contribution in [0.5, 0.6) is 0 Å². The van der Waals surface area contributed by atoms with Crippen molar-refractivity contribution in [3.63, 3.8) is 0 Å². The van der Waals surface area contributed by atoms with E-state index in [1.165, 1.54) is 12.1 Å². The van der Waals surface area contributed by atoms with Gasteiger partial charge in [0.05, 0.1) is 5.69 Å². The Kier molecular flexibility index (Phi) is 3.32. The molecule has 0 saturated heterocycles. The summed E-state index contributed by atoms with van der Waals surface area (Å²) in [6.45, 7) is 1.96. The van der Waals surface area contributed by atoms with Crippen molar-refractivity contribution in [1.29, 1.82) is 0 Å². The van der Waals surface area contributed by atoms with Crippen molar-refractivity contribution in [2.75, 3.05) is 0 Å². The molecular formula is C13H11F3N2. The predicted octanol–water partition coefficient (Wildman–Crippen LogP) is 3.72. The summed E-state index contributed by atoms with van der Waals surface area (Å²) in [5, 5.41) is 0. The second-order valence-electron chi connectivity index (χ2n) is 3.80. The molecule has 0 amide bonds. The zero-order chi connectivity index (χ0) is 13.2. The highest BCUT2D eigenvalue weighted by molar-refractivity contribution is 5.58. The van der Waals surface area contributed by atoms with Gasteiger partial charge in [0.15, 0.2) is 0 Å². The third-order valence-corrected chi connectivity index (χ3v) is 2.52. The molecule has 2 aromatic rings. The van der Waals surface area contributed by atoms with Gasteiger partial charge < -0.3 is 0 Å². The molecule has 5 heteroatoms. The van der Waals surface area contributed by atoms with Crippen LogP contribution in [0.1, 0.15) is 18.3 Å². The van der Waals surface area contributed by atoms with Gasteiger partial charge in [0, 0.05) is 17.5 Å². The average molecular weight is 252 g/mol. The first-order chi connectivity index (χ1) is 8.50. The second-order valence-corrected chi connectivity index (χ2v) is 3.80. The summed E-state index contributed by atoms with van der Waals surface area (Å²) >= 11 is 0. The van der Waals surface area contributed by atoms with Gasteiger partial charge in [-0.2, -0.15) is 13.2 Å². The van der Waals surface area contributed by atoms with Gasteiger partial charge >= 0.3 is 6.18 Å². The molecular weight excluding hydrogens is 241 g/mol. The molecule has 0 spiro atoms. The molecule has 0 aliphatic carbocycles. The summed E-state index contributed by atoms with van der Waals surface area (Å²) in [6, 6.07) is 7.36. The fraction of sp³-hybridized carbons (Fsp3) is 0.231. The summed E-state index contributed by atoms with van der Waals surface area (Å²) in [4.78, 5) is 7.75. The van der Waals surface area contributed by atoms with E-state index in [9.17, 15) is 13.2 Å². The molecule has 0 aliphatic heterocycles. The van der Waals surface area contributed by atoms with E-state index >= 15 is 0 Å². The van der Waals surface area contributed by atoms with Crippen molar-refractivity contribution in [3.05, 3.63) is 47.9 Å². The molecule has 0 radical (unpaired) electrons. The highest BCUT2D eigenvalue weighted by Gasteiger charge is 2.32. The summed E-state index contributed by atoms with van der Waals surface area (Å²) in [7, 11) is 0. The van der Waals surface area contributed by atoms with Crippen LogP contribution in [0.3, 0.4) is 0 Å². The van der Waals surface area contributed by atoms with Gasteiger partial charge in [-0.15, -0.1) is 0 Å². The van der Waals surface area contributed by atoms with E-state index < -0.39 is 11.9 Å². The van der Waals surface area contributed by atoms with Crippen molar-refractivity contribution in [1.82, 2.24) is 9.97 Å². The van der Waals surface area contributed by atoms with Crippen LogP contribution in [0.4, 0.5) is 13.2 Å². The average Bonchev–Trinajstić information content (AvgIpc) is 2.38. The van der Waals surface area contributed by atoms with E-state index in [0.29, 0.717) is 5.56 Å². The van der Waals surface area contributed by atoms with Gasteiger partial charge in [-0.25, -0.2) is 4.98 Å². The molecule has 0 N–H and O–H groups in total. The molecule has 0 atom stereocenters. The third-order valence-electron chi connectivity index (χ3n) is 2.52. The van der Waals surface area contributed by atoms with Crippen LogP contribution in [-0.4, -0.2) is 9.97 Å². The fourth-order valence-corrected chi connectivity index (χ4v) is 1.54. The van der Waals surface area contributed by atoms with E-state index in [1.54, 1.807) is 18.3 Å². The Morgan fingerprint density at radius 2 is 1.89 bits per heavy atom. The van der Waals surface area contributed by atoms with E-state index in [0.717, 1.165) is 18.2 Å². The van der Waals surface area contributed by atoms with Crippen molar-refractivity contribution >= 4 is 0 Å². The quantitative estimate of drug-likeness (QED) is 0.814. The molecule has 2 aromatic heterocycles. The van der Waals surface area contributed by atoms with Crippen LogP contribution in [0.2, 0.25) is 0 Å². The summed E-state index contributed by atoms with van der Waals surface area (Å²) < 4.78 is 37.6. The largest absolute Gasteiger partial charge is 0.433 e. The minimum atomic E-state index is -4.42. The van der Waals surface area contributed by atoms with Crippen LogP contribution in [0, 0.1) is 0 Å². The zero-order valence-corrected chi connectivity index (χ0v) is 9.70. The Labute approximate surface area is 103 Å². The monoisotopic (exact) mass is 252 g/mol. The molecule has 0 fully saturated rings. The van der Waals surface area contributed by atoms with Gasteiger partial charge in [-0.05, 0) is 30.7 Å². The van der Waals surface area contributed by atoms with Crippen LogP contribution in [-0.2, 0) is 12.6 Å². The molecule has 18 heavy (non-hydrogen) atoms. The molecule has 0 aromatic carbocycles. The topological polar surface area (TPSA) is 25.8 Å².